The molecule has 0 rings (SSSR count). The summed E-state index contributed by atoms with van der Waals surface area (Å²) in [5.74, 6) is 0. The summed E-state index contributed by atoms with van der Waals surface area (Å²) in [5.41, 5.74) is -3.22. The highest BCUT2D eigenvalue weighted by atomic mass is 35.5. The first-order valence-electron chi connectivity index (χ1n) is 1.66. The van der Waals surface area contributed by atoms with E-state index in [1.165, 1.54) is 0 Å². The normalized spacial score (nSPS) is 19.2. The van der Waals surface area contributed by atoms with Gasteiger partial charge in [-0.25, -0.2) is 8.60 Å². The van der Waals surface area contributed by atoms with Gasteiger partial charge in [0.05, 0.1) is 0 Å². The van der Waals surface area contributed by atoms with Crippen LogP contribution in [-0.2, 0) is 11.1 Å². The van der Waals surface area contributed by atoms with E-state index in [4.69, 9.17) is 4.55 Å². The molecule has 7 heteroatoms. The lowest BCUT2D eigenvalue weighted by molar-refractivity contribution is 0.0436. The Morgan fingerprint density at radius 3 is 2.00 bits per heavy atom. The van der Waals surface area contributed by atoms with E-state index in [1.807, 2.05) is 0 Å². The van der Waals surface area contributed by atoms with E-state index in [0.29, 0.717) is 0 Å². The van der Waals surface area contributed by atoms with Crippen LogP contribution in [0.3, 0.4) is 0 Å². The Morgan fingerprint density at radius 2 is 2.00 bits per heavy atom. The Bertz CT molecular complexity index is 123. The van der Waals surface area contributed by atoms with Crippen molar-refractivity contribution in [3.05, 3.63) is 0 Å². The van der Waals surface area contributed by atoms with Crippen LogP contribution in [0.5, 0.6) is 0 Å². The second-order valence-corrected chi connectivity index (χ2v) is 2.60. The topological polar surface area (TPSA) is 37.3 Å². The molecule has 2 nitrogen and oxygen atoms in total. The molecule has 0 amide bonds. The summed E-state index contributed by atoms with van der Waals surface area (Å²) in [6.45, 7) is 0. The van der Waals surface area contributed by atoms with Crippen LogP contribution < -0.4 is 0 Å². The average molecular weight is 183 g/mol. The van der Waals surface area contributed by atoms with Crippen molar-refractivity contribution in [2.75, 3.05) is 0 Å². The molecule has 0 aliphatic rings. The van der Waals surface area contributed by atoms with E-state index in [-0.39, 0.29) is 0 Å². The SMILES string of the molecule is O=S(O)C(F)C(F)(F)Cl. The zero-order chi connectivity index (χ0) is 7.65. The molecule has 0 saturated heterocycles. The van der Waals surface area contributed by atoms with E-state index in [2.05, 4.69) is 11.6 Å². The highest BCUT2D eigenvalue weighted by Gasteiger charge is 2.42. The van der Waals surface area contributed by atoms with Crippen molar-refractivity contribution in [1.29, 1.82) is 0 Å². The van der Waals surface area contributed by atoms with Gasteiger partial charge < -0.3 is 4.55 Å². The summed E-state index contributed by atoms with van der Waals surface area (Å²) in [4.78, 5) is 0. The average Bonchev–Trinajstić information content (AvgIpc) is 1.62. The van der Waals surface area contributed by atoms with Gasteiger partial charge in [0.15, 0.2) is 11.1 Å². The second-order valence-electron chi connectivity index (χ2n) is 1.13. The molecule has 1 N–H and O–H groups in total. The van der Waals surface area contributed by atoms with Gasteiger partial charge in [-0.3, -0.25) is 0 Å². The van der Waals surface area contributed by atoms with Crippen LogP contribution in [0.4, 0.5) is 13.2 Å². The molecule has 0 saturated carbocycles. The van der Waals surface area contributed by atoms with Gasteiger partial charge in [-0.05, 0) is 11.6 Å². The van der Waals surface area contributed by atoms with Crippen molar-refractivity contribution < 1.29 is 21.9 Å². The minimum Gasteiger partial charge on any atom is -0.304 e. The van der Waals surface area contributed by atoms with Crippen molar-refractivity contribution in [3.8, 4) is 0 Å². The van der Waals surface area contributed by atoms with Crippen molar-refractivity contribution in [2.24, 2.45) is 0 Å². The van der Waals surface area contributed by atoms with Gasteiger partial charge in [-0.1, -0.05) is 0 Å². The van der Waals surface area contributed by atoms with E-state index >= 15 is 0 Å². The van der Waals surface area contributed by atoms with E-state index in [1.54, 1.807) is 0 Å². The van der Waals surface area contributed by atoms with Crippen molar-refractivity contribution in [3.63, 3.8) is 0 Å². The molecule has 56 valence electrons. The highest BCUT2D eigenvalue weighted by molar-refractivity contribution is 7.79. The first-order chi connectivity index (χ1) is 3.85. The predicted molar refractivity (Wildman–Crippen MR) is 26.5 cm³/mol. The third-order valence-electron chi connectivity index (χ3n) is 0.434. The number of hydrogen-bond donors (Lipinski definition) is 1. The summed E-state index contributed by atoms with van der Waals surface area (Å²) in [5, 5.41) is -4.26. The summed E-state index contributed by atoms with van der Waals surface area (Å²) < 4.78 is 51.6. The maximum absolute atomic E-state index is 11.6. The Balaban J connectivity index is 4.04. The molecule has 0 aromatic carbocycles. The fourth-order valence-corrected chi connectivity index (χ4v) is 0.572. The monoisotopic (exact) mass is 182 g/mol. The molecule has 0 aliphatic carbocycles. The van der Waals surface area contributed by atoms with Crippen LogP contribution in [0.15, 0.2) is 0 Å². The van der Waals surface area contributed by atoms with E-state index < -0.39 is 22.0 Å². The minimum atomic E-state index is -4.26. The smallest absolute Gasteiger partial charge is 0.304 e. The van der Waals surface area contributed by atoms with Gasteiger partial charge in [0, 0.05) is 0 Å². The largest absolute Gasteiger partial charge is 0.366 e. The maximum atomic E-state index is 11.6. The lowest BCUT2D eigenvalue weighted by Gasteiger charge is -2.07. The Labute approximate surface area is 56.3 Å². The Kier molecular flexibility index (Phi) is 2.91. The molecule has 0 bridgehead atoms. The van der Waals surface area contributed by atoms with Crippen LogP contribution in [0, 0.1) is 0 Å². The van der Waals surface area contributed by atoms with Gasteiger partial charge in [-0.2, -0.15) is 8.78 Å². The fourth-order valence-electron chi connectivity index (χ4n) is 0.114. The van der Waals surface area contributed by atoms with Gasteiger partial charge >= 0.3 is 5.38 Å². The molecule has 2 atom stereocenters. The molecule has 0 fully saturated rings. The van der Waals surface area contributed by atoms with Gasteiger partial charge in [-0.15, -0.1) is 0 Å². The number of alkyl halides is 4. The molecule has 0 radical (unpaired) electrons. The molecule has 0 spiro atoms. The fraction of sp³-hybridized carbons (Fsp3) is 1.00. The Hall–Kier alpha value is 0.190. The Morgan fingerprint density at radius 1 is 1.67 bits per heavy atom. The summed E-state index contributed by atoms with van der Waals surface area (Å²) >= 11 is 0.789. The van der Waals surface area contributed by atoms with Crippen LogP contribution in [0.25, 0.3) is 0 Å². The van der Waals surface area contributed by atoms with Crippen molar-refractivity contribution in [1.82, 2.24) is 0 Å². The van der Waals surface area contributed by atoms with Gasteiger partial charge in [0.1, 0.15) is 0 Å². The molecule has 0 aromatic rings. The molecule has 2 unspecified atom stereocenters. The van der Waals surface area contributed by atoms with E-state index in [9.17, 15) is 17.4 Å². The third-order valence-corrected chi connectivity index (χ3v) is 1.41. The maximum Gasteiger partial charge on any atom is 0.366 e. The zero-order valence-electron chi connectivity index (χ0n) is 3.85. The first kappa shape index (κ1) is 9.19. The van der Waals surface area contributed by atoms with Crippen LogP contribution in [0.1, 0.15) is 0 Å². The lowest BCUT2D eigenvalue weighted by Crippen LogP contribution is -2.26. The molecule has 0 aromatic heterocycles. The van der Waals surface area contributed by atoms with E-state index in [0.717, 1.165) is 0 Å². The van der Waals surface area contributed by atoms with Crippen LogP contribution in [-0.4, -0.2) is 19.6 Å². The summed E-state index contributed by atoms with van der Waals surface area (Å²) in [7, 11) is 0. The standard InChI is InChI=1S/C2H2ClF3O2S/c3-2(5,6)1(4)9(7)8/h1H,(H,7,8). The molecule has 0 aliphatic heterocycles. The third kappa shape index (κ3) is 3.02. The number of halogens is 4. The molecular formula is C2H2ClF3O2S. The quantitative estimate of drug-likeness (QED) is 0.517. The summed E-state index contributed by atoms with van der Waals surface area (Å²) in [6.07, 6.45) is 0. The molecule has 0 heterocycles. The van der Waals surface area contributed by atoms with Crippen LogP contribution in [0.2, 0.25) is 0 Å². The first-order valence-corrected chi connectivity index (χ1v) is 3.21. The molecular weight excluding hydrogens is 181 g/mol. The molecule has 9 heavy (non-hydrogen) atoms. The van der Waals surface area contributed by atoms with Crippen molar-refractivity contribution >= 4 is 22.7 Å². The summed E-state index contributed by atoms with van der Waals surface area (Å²) in [6, 6.07) is 0. The zero-order valence-corrected chi connectivity index (χ0v) is 5.43. The van der Waals surface area contributed by atoms with Gasteiger partial charge in [0.25, 0.3) is 5.50 Å². The second kappa shape index (κ2) is 2.85. The predicted octanol–water partition coefficient (Wildman–Crippen LogP) is 1.34. The lowest BCUT2D eigenvalue weighted by atomic mass is 10.8. The minimum absolute atomic E-state index is 3.22. The van der Waals surface area contributed by atoms with Gasteiger partial charge in [0.2, 0.25) is 0 Å². The van der Waals surface area contributed by atoms with Crippen LogP contribution >= 0.6 is 11.6 Å². The highest BCUT2D eigenvalue weighted by Crippen LogP contribution is 2.27. The number of rotatable bonds is 2. The van der Waals surface area contributed by atoms with Crippen molar-refractivity contribution in [2.45, 2.75) is 10.9 Å². The number of hydrogen-bond acceptors (Lipinski definition) is 1.